The van der Waals surface area contributed by atoms with Gasteiger partial charge in [-0.25, -0.2) is 9.69 Å². The van der Waals surface area contributed by atoms with E-state index in [1.165, 1.54) is 55.9 Å². The first-order valence-electron chi connectivity index (χ1n) is 7.79. The Bertz CT molecular complexity index is 918. The number of imide groups is 1. The molecule has 1 fully saturated rings. The van der Waals surface area contributed by atoms with Gasteiger partial charge in [-0.05, 0) is 36.4 Å². The molecule has 0 unspecified atom stereocenters. The number of alkyl halides is 3. The summed E-state index contributed by atoms with van der Waals surface area (Å²) in [7, 11) is 1.38. The Balaban J connectivity index is 1.98. The van der Waals surface area contributed by atoms with Gasteiger partial charge in [-0.3, -0.25) is 19.9 Å². The van der Waals surface area contributed by atoms with Gasteiger partial charge in [0.2, 0.25) is 0 Å². The highest BCUT2D eigenvalue weighted by atomic mass is 19.4. The molecule has 1 aliphatic heterocycles. The van der Waals surface area contributed by atoms with Gasteiger partial charge in [0.1, 0.15) is 5.75 Å². The maximum atomic E-state index is 13.8. The highest BCUT2D eigenvalue weighted by Gasteiger charge is 2.69. The first kappa shape index (κ1) is 19.1. The monoisotopic (exact) mass is 394 g/mol. The predicted molar refractivity (Wildman–Crippen MR) is 89.5 cm³/mol. The van der Waals surface area contributed by atoms with Crippen molar-refractivity contribution < 1.29 is 32.3 Å². The molecule has 1 aromatic heterocycles. The molecule has 0 bridgehead atoms. The quantitative estimate of drug-likeness (QED) is 0.771. The average molecular weight is 394 g/mol. The number of methoxy groups -OCH3 is 1. The second kappa shape index (κ2) is 6.83. The van der Waals surface area contributed by atoms with E-state index in [0.717, 1.165) is 0 Å². The topological polar surface area (TPSA) is 101 Å². The van der Waals surface area contributed by atoms with Crippen molar-refractivity contribution >= 4 is 23.5 Å². The molecular weight excluding hydrogens is 381 g/mol. The summed E-state index contributed by atoms with van der Waals surface area (Å²) in [5.41, 5.74) is -3.89. The number of halogens is 3. The fourth-order valence-corrected chi connectivity index (χ4v) is 2.59. The van der Waals surface area contributed by atoms with Crippen molar-refractivity contribution in [2.24, 2.45) is 0 Å². The maximum Gasteiger partial charge on any atom is 0.440 e. The number of nitrogens with zero attached hydrogens (tertiary/aromatic N) is 2. The molecule has 2 aromatic rings. The van der Waals surface area contributed by atoms with Crippen LogP contribution in [0.3, 0.4) is 0 Å². The van der Waals surface area contributed by atoms with Gasteiger partial charge in [0.05, 0.1) is 12.8 Å². The van der Waals surface area contributed by atoms with E-state index >= 15 is 0 Å². The second-order valence-corrected chi connectivity index (χ2v) is 5.71. The molecule has 0 radical (unpaired) electrons. The van der Waals surface area contributed by atoms with E-state index in [-0.39, 0.29) is 11.3 Å². The Morgan fingerprint density at radius 2 is 1.75 bits per heavy atom. The Morgan fingerprint density at radius 3 is 2.29 bits per heavy atom. The number of hydrogen-bond acceptors (Lipinski definition) is 5. The molecule has 2 heterocycles. The predicted octanol–water partition coefficient (Wildman–Crippen LogP) is 1.83. The number of rotatable bonds is 4. The van der Waals surface area contributed by atoms with Crippen LogP contribution in [0.5, 0.6) is 5.75 Å². The number of benzene rings is 1. The molecule has 11 heteroatoms. The molecule has 1 aliphatic rings. The largest absolute Gasteiger partial charge is 0.497 e. The third-order valence-electron chi connectivity index (χ3n) is 4.02. The highest BCUT2D eigenvalue weighted by Crippen LogP contribution is 2.36. The van der Waals surface area contributed by atoms with Crippen LogP contribution in [0.15, 0.2) is 48.8 Å². The van der Waals surface area contributed by atoms with Gasteiger partial charge in [0.25, 0.3) is 17.5 Å². The minimum atomic E-state index is -5.30. The third kappa shape index (κ3) is 3.10. The van der Waals surface area contributed by atoms with E-state index in [2.05, 4.69) is 4.98 Å². The minimum absolute atomic E-state index is 0.118. The molecule has 4 amide bonds. The molecule has 1 atom stereocenters. The summed E-state index contributed by atoms with van der Waals surface area (Å²) in [6.45, 7) is 0. The molecule has 3 rings (SSSR count). The average Bonchev–Trinajstić information content (AvgIpc) is 2.93. The molecule has 0 saturated carbocycles. The molecule has 28 heavy (non-hydrogen) atoms. The first-order valence-corrected chi connectivity index (χ1v) is 7.79. The Morgan fingerprint density at radius 1 is 1.14 bits per heavy atom. The van der Waals surface area contributed by atoms with Crippen molar-refractivity contribution in [2.45, 2.75) is 11.8 Å². The van der Waals surface area contributed by atoms with Gasteiger partial charge in [-0.15, -0.1) is 0 Å². The zero-order chi connectivity index (χ0) is 20.5. The van der Waals surface area contributed by atoms with Gasteiger partial charge in [-0.2, -0.15) is 13.2 Å². The number of hydrogen-bond donors (Lipinski definition) is 2. The van der Waals surface area contributed by atoms with Crippen molar-refractivity contribution in [2.75, 3.05) is 12.0 Å². The lowest BCUT2D eigenvalue weighted by molar-refractivity contribution is -0.197. The minimum Gasteiger partial charge on any atom is -0.497 e. The lowest BCUT2D eigenvalue weighted by Gasteiger charge is -2.29. The van der Waals surface area contributed by atoms with Crippen LogP contribution in [-0.2, 0) is 4.79 Å². The maximum absolute atomic E-state index is 13.8. The zero-order valence-corrected chi connectivity index (χ0v) is 14.3. The number of ether oxygens (including phenoxy) is 1. The highest BCUT2D eigenvalue weighted by molar-refractivity contribution is 6.24. The number of anilines is 1. The van der Waals surface area contributed by atoms with Crippen LogP contribution in [0.1, 0.15) is 10.4 Å². The number of urea groups is 1. The van der Waals surface area contributed by atoms with Crippen LogP contribution < -0.4 is 20.3 Å². The summed E-state index contributed by atoms with van der Waals surface area (Å²) in [6.07, 6.45) is -2.90. The van der Waals surface area contributed by atoms with Gasteiger partial charge >= 0.3 is 12.2 Å². The van der Waals surface area contributed by atoms with Gasteiger partial charge in [0.15, 0.2) is 0 Å². The van der Waals surface area contributed by atoms with Crippen molar-refractivity contribution in [3.63, 3.8) is 0 Å². The molecule has 1 saturated heterocycles. The Kier molecular flexibility index (Phi) is 4.67. The SMILES string of the molecule is COc1ccc(N2C(=O)N[C@](NC(=O)c3ccncc3)(C(F)(F)F)C2=O)cc1. The van der Waals surface area contributed by atoms with Crippen LogP contribution in [0.2, 0.25) is 0 Å². The van der Waals surface area contributed by atoms with Crippen LogP contribution in [0.25, 0.3) is 0 Å². The van der Waals surface area contributed by atoms with E-state index in [1.54, 1.807) is 10.6 Å². The molecule has 0 spiro atoms. The fourth-order valence-electron chi connectivity index (χ4n) is 2.59. The number of pyridine rings is 1. The first-order chi connectivity index (χ1) is 13.2. The van der Waals surface area contributed by atoms with Crippen LogP contribution in [0, 0.1) is 0 Å². The van der Waals surface area contributed by atoms with Crippen molar-refractivity contribution in [1.29, 1.82) is 0 Å². The molecule has 146 valence electrons. The lowest BCUT2D eigenvalue weighted by Crippen LogP contribution is -2.69. The summed E-state index contributed by atoms with van der Waals surface area (Å²) in [5.74, 6) is -2.51. The lowest BCUT2D eigenvalue weighted by atomic mass is 10.1. The van der Waals surface area contributed by atoms with Crippen LogP contribution >= 0.6 is 0 Å². The molecule has 0 aliphatic carbocycles. The number of carbonyl (C=O) groups is 3. The molecule has 2 N–H and O–H groups in total. The third-order valence-corrected chi connectivity index (χ3v) is 4.02. The van der Waals surface area contributed by atoms with Crippen molar-refractivity contribution in [3.05, 3.63) is 54.4 Å². The number of aromatic nitrogens is 1. The van der Waals surface area contributed by atoms with E-state index in [0.29, 0.717) is 10.6 Å². The van der Waals surface area contributed by atoms with Gasteiger partial charge in [0, 0.05) is 18.0 Å². The normalized spacial score (nSPS) is 19.4. The fraction of sp³-hybridized carbons (Fsp3) is 0.176. The van der Waals surface area contributed by atoms with E-state index in [1.807, 2.05) is 0 Å². The molecule has 8 nitrogen and oxygen atoms in total. The number of amides is 4. The molecular formula is C17H13F3N4O4. The number of nitrogens with one attached hydrogen (secondary N) is 2. The summed E-state index contributed by atoms with van der Waals surface area (Å²) < 4.78 is 46.4. The van der Waals surface area contributed by atoms with Crippen molar-refractivity contribution in [1.82, 2.24) is 15.6 Å². The van der Waals surface area contributed by atoms with Gasteiger partial charge < -0.3 is 10.1 Å². The Labute approximate surface area is 156 Å². The van der Waals surface area contributed by atoms with E-state index < -0.39 is 29.7 Å². The summed E-state index contributed by atoms with van der Waals surface area (Å²) in [4.78, 5) is 41.1. The summed E-state index contributed by atoms with van der Waals surface area (Å²) in [6, 6.07) is 6.24. The second-order valence-electron chi connectivity index (χ2n) is 5.71. The van der Waals surface area contributed by atoms with E-state index in [9.17, 15) is 27.6 Å². The Hall–Kier alpha value is -3.63. The zero-order valence-electron chi connectivity index (χ0n) is 14.3. The smallest absolute Gasteiger partial charge is 0.440 e. The standard InChI is InChI=1S/C17H13F3N4O4/c1-28-12-4-2-11(3-5-12)24-14(26)16(17(18,19)20,23-15(24)27)22-13(25)10-6-8-21-9-7-10/h2-9H,1H3,(H,22,25)(H,23,27)/t16-/m0/s1. The van der Waals surface area contributed by atoms with E-state index in [4.69, 9.17) is 4.74 Å². The molecule has 1 aromatic carbocycles. The van der Waals surface area contributed by atoms with Crippen LogP contribution in [-0.4, -0.2) is 41.8 Å². The summed E-state index contributed by atoms with van der Waals surface area (Å²) >= 11 is 0. The van der Waals surface area contributed by atoms with Gasteiger partial charge in [-0.1, -0.05) is 0 Å². The van der Waals surface area contributed by atoms with Crippen molar-refractivity contribution in [3.8, 4) is 5.75 Å². The number of carbonyl (C=O) groups excluding carboxylic acids is 3. The summed E-state index contributed by atoms with van der Waals surface area (Å²) in [5, 5.41) is 3.18. The van der Waals surface area contributed by atoms with Crippen LogP contribution in [0.4, 0.5) is 23.7 Å².